The van der Waals surface area contributed by atoms with Gasteiger partial charge in [0.1, 0.15) is 6.04 Å². The number of carbonyl (C=O) groups excluding carboxylic acids is 1. The van der Waals surface area contributed by atoms with E-state index in [9.17, 15) is 23.1 Å². The van der Waals surface area contributed by atoms with Crippen LogP contribution in [-0.2, 0) is 32.5 Å². The summed E-state index contributed by atoms with van der Waals surface area (Å²) in [7, 11) is -3.94. The predicted octanol–water partition coefficient (Wildman–Crippen LogP) is 1.41. The maximum atomic E-state index is 12.6. The summed E-state index contributed by atoms with van der Waals surface area (Å²) in [5.74, 6) is -1.14. The number of aliphatic carboxylic acids is 1. The molecule has 1 atom stereocenters. The summed E-state index contributed by atoms with van der Waals surface area (Å²) in [6.45, 7) is 6.36. The summed E-state index contributed by atoms with van der Waals surface area (Å²) >= 11 is 0. The Bertz CT molecular complexity index is 789. The van der Waals surface area contributed by atoms with Crippen LogP contribution < -0.4 is 4.72 Å². The van der Waals surface area contributed by atoms with Crippen LogP contribution >= 0.6 is 0 Å². The molecule has 0 unspecified atom stereocenters. The van der Waals surface area contributed by atoms with Crippen molar-refractivity contribution in [2.45, 2.75) is 51.0 Å². The third-order valence-electron chi connectivity index (χ3n) is 4.54. The monoisotopic (exact) mass is 382 g/mol. The van der Waals surface area contributed by atoms with Crippen LogP contribution in [0.5, 0.6) is 0 Å². The van der Waals surface area contributed by atoms with Crippen LogP contribution in [0.1, 0.15) is 38.3 Å². The van der Waals surface area contributed by atoms with Crippen molar-refractivity contribution in [1.29, 1.82) is 0 Å². The van der Waals surface area contributed by atoms with Crippen molar-refractivity contribution in [2.24, 2.45) is 5.92 Å². The van der Waals surface area contributed by atoms with E-state index in [1.165, 1.54) is 13.0 Å². The van der Waals surface area contributed by atoms with Gasteiger partial charge in [-0.05, 0) is 48.4 Å². The summed E-state index contributed by atoms with van der Waals surface area (Å²) in [6.07, 6.45) is 1.47. The fourth-order valence-electron chi connectivity index (χ4n) is 3.11. The van der Waals surface area contributed by atoms with E-state index in [-0.39, 0.29) is 23.1 Å². The van der Waals surface area contributed by atoms with Crippen molar-refractivity contribution in [3.63, 3.8) is 0 Å². The second-order valence-electron chi connectivity index (χ2n) is 7.08. The quantitative estimate of drug-likeness (QED) is 0.774. The van der Waals surface area contributed by atoms with E-state index in [4.69, 9.17) is 0 Å². The SMILES string of the molecule is CC(=O)N1CCc2ccc(S(=O)(=O)N[C@@H](CC(C)C)C(=O)O)cc2CC1. The van der Waals surface area contributed by atoms with E-state index in [1.54, 1.807) is 17.0 Å². The average molecular weight is 382 g/mol. The van der Waals surface area contributed by atoms with Crippen molar-refractivity contribution >= 4 is 21.9 Å². The first-order valence-corrected chi connectivity index (χ1v) is 10.2. The number of carboxylic acid groups (broad SMARTS) is 1. The third-order valence-corrected chi connectivity index (χ3v) is 6.01. The zero-order valence-electron chi connectivity index (χ0n) is 15.4. The van der Waals surface area contributed by atoms with Gasteiger partial charge >= 0.3 is 5.97 Å². The first kappa shape index (κ1) is 20.4. The molecule has 0 radical (unpaired) electrons. The van der Waals surface area contributed by atoms with E-state index in [0.29, 0.717) is 25.9 Å². The summed E-state index contributed by atoms with van der Waals surface area (Å²) in [4.78, 5) is 24.7. The molecule has 0 aromatic heterocycles. The molecule has 1 heterocycles. The Morgan fingerprint density at radius 3 is 2.35 bits per heavy atom. The van der Waals surface area contributed by atoms with Gasteiger partial charge in [-0.2, -0.15) is 4.72 Å². The van der Waals surface area contributed by atoms with Crippen molar-refractivity contribution in [1.82, 2.24) is 9.62 Å². The minimum atomic E-state index is -3.94. The summed E-state index contributed by atoms with van der Waals surface area (Å²) in [5.41, 5.74) is 1.90. The number of hydrogen-bond acceptors (Lipinski definition) is 4. The Balaban J connectivity index is 2.24. The number of carbonyl (C=O) groups is 2. The first-order chi connectivity index (χ1) is 12.1. The number of hydrogen-bond donors (Lipinski definition) is 2. The van der Waals surface area contributed by atoms with Crippen LogP contribution in [-0.4, -0.2) is 49.4 Å². The number of rotatable bonds is 6. The lowest BCUT2D eigenvalue weighted by Gasteiger charge is -2.17. The zero-order chi connectivity index (χ0) is 19.5. The molecule has 0 bridgehead atoms. The number of nitrogens with zero attached hydrogens (tertiary/aromatic N) is 1. The van der Waals surface area contributed by atoms with Crippen molar-refractivity contribution in [3.05, 3.63) is 29.3 Å². The van der Waals surface area contributed by atoms with Crippen LogP contribution in [0.4, 0.5) is 0 Å². The van der Waals surface area contributed by atoms with E-state index < -0.39 is 22.0 Å². The van der Waals surface area contributed by atoms with Crippen LogP contribution in [0.25, 0.3) is 0 Å². The molecule has 0 spiro atoms. The van der Waals surface area contributed by atoms with Gasteiger partial charge < -0.3 is 10.0 Å². The molecule has 144 valence electrons. The van der Waals surface area contributed by atoms with Gasteiger partial charge in [-0.15, -0.1) is 0 Å². The Morgan fingerprint density at radius 2 is 1.81 bits per heavy atom. The molecule has 8 heteroatoms. The van der Waals surface area contributed by atoms with Crippen molar-refractivity contribution < 1.29 is 23.1 Å². The molecule has 0 aliphatic carbocycles. The van der Waals surface area contributed by atoms with E-state index in [1.807, 2.05) is 13.8 Å². The van der Waals surface area contributed by atoms with Crippen LogP contribution in [0.2, 0.25) is 0 Å². The Morgan fingerprint density at radius 1 is 1.19 bits per heavy atom. The topological polar surface area (TPSA) is 104 Å². The van der Waals surface area contributed by atoms with E-state index in [0.717, 1.165) is 11.1 Å². The molecule has 2 N–H and O–H groups in total. The van der Waals surface area contributed by atoms with Gasteiger partial charge in [-0.1, -0.05) is 19.9 Å². The first-order valence-electron chi connectivity index (χ1n) is 8.72. The largest absolute Gasteiger partial charge is 0.480 e. The number of benzene rings is 1. The fraction of sp³-hybridized carbons (Fsp3) is 0.556. The van der Waals surface area contributed by atoms with Gasteiger partial charge in [-0.25, -0.2) is 8.42 Å². The summed E-state index contributed by atoms with van der Waals surface area (Å²) < 4.78 is 27.6. The smallest absolute Gasteiger partial charge is 0.321 e. The van der Waals surface area contributed by atoms with Gasteiger partial charge in [0, 0.05) is 20.0 Å². The summed E-state index contributed by atoms with van der Waals surface area (Å²) in [5, 5.41) is 9.28. The minimum Gasteiger partial charge on any atom is -0.480 e. The van der Waals surface area contributed by atoms with Gasteiger partial charge in [0.05, 0.1) is 4.90 Å². The standard InChI is InChI=1S/C18H26N2O5S/c1-12(2)10-17(18(22)23)19-26(24,25)16-5-4-14-6-8-20(13(3)21)9-7-15(14)11-16/h4-5,11-12,17,19H,6-10H2,1-3H3,(H,22,23)/t17-/m0/s1. The van der Waals surface area contributed by atoms with Crippen LogP contribution in [0, 0.1) is 5.92 Å². The highest BCUT2D eigenvalue weighted by atomic mass is 32.2. The molecule has 7 nitrogen and oxygen atoms in total. The Labute approximate surface area is 154 Å². The van der Waals surface area contributed by atoms with Crippen molar-refractivity contribution in [2.75, 3.05) is 13.1 Å². The summed E-state index contributed by atoms with van der Waals surface area (Å²) in [6, 6.07) is 3.69. The van der Waals surface area contributed by atoms with Gasteiger partial charge in [0.25, 0.3) is 0 Å². The lowest BCUT2D eigenvalue weighted by molar-refractivity contribution is -0.139. The molecule has 1 aliphatic rings. The highest BCUT2D eigenvalue weighted by Crippen LogP contribution is 2.21. The Kier molecular flexibility index (Phi) is 6.41. The van der Waals surface area contributed by atoms with Gasteiger partial charge in [0.2, 0.25) is 15.9 Å². The molecule has 2 rings (SSSR count). The van der Waals surface area contributed by atoms with Crippen molar-refractivity contribution in [3.8, 4) is 0 Å². The number of nitrogens with one attached hydrogen (secondary N) is 1. The lowest BCUT2D eigenvalue weighted by Crippen LogP contribution is -2.41. The molecule has 1 aliphatic heterocycles. The number of fused-ring (bicyclic) bond motifs is 1. The van der Waals surface area contributed by atoms with E-state index in [2.05, 4.69) is 4.72 Å². The number of amides is 1. The molecule has 1 aromatic rings. The highest BCUT2D eigenvalue weighted by Gasteiger charge is 2.27. The maximum absolute atomic E-state index is 12.6. The van der Waals surface area contributed by atoms with Crippen LogP contribution in [0.15, 0.2) is 23.1 Å². The molecule has 0 fully saturated rings. The molecular formula is C18H26N2O5S. The molecule has 26 heavy (non-hydrogen) atoms. The third kappa shape index (κ3) is 5.04. The molecular weight excluding hydrogens is 356 g/mol. The lowest BCUT2D eigenvalue weighted by atomic mass is 10.0. The molecule has 1 aromatic carbocycles. The maximum Gasteiger partial charge on any atom is 0.321 e. The Hall–Kier alpha value is -1.93. The van der Waals surface area contributed by atoms with E-state index >= 15 is 0 Å². The van der Waals surface area contributed by atoms with Gasteiger partial charge in [0.15, 0.2) is 0 Å². The minimum absolute atomic E-state index is 0.00491. The molecule has 1 amide bonds. The fourth-order valence-corrected chi connectivity index (χ4v) is 4.36. The zero-order valence-corrected chi connectivity index (χ0v) is 16.2. The van der Waals surface area contributed by atoms with Crippen LogP contribution in [0.3, 0.4) is 0 Å². The number of carboxylic acids is 1. The van der Waals surface area contributed by atoms with Gasteiger partial charge in [-0.3, -0.25) is 9.59 Å². The second-order valence-corrected chi connectivity index (χ2v) is 8.79. The predicted molar refractivity (Wildman–Crippen MR) is 97.3 cm³/mol. The second kappa shape index (κ2) is 8.18. The average Bonchev–Trinajstić information content (AvgIpc) is 2.75. The highest BCUT2D eigenvalue weighted by molar-refractivity contribution is 7.89. The molecule has 0 saturated heterocycles. The number of sulfonamides is 1. The normalized spacial score (nSPS) is 16.1. The molecule has 0 saturated carbocycles.